The molecule has 4 aromatic carbocycles. The fraction of sp³-hybridized carbons (Fsp3) is 0.189. The molecule has 0 N–H and O–H groups in total. The van der Waals surface area contributed by atoms with Crippen molar-refractivity contribution >= 4 is 12.6 Å². The molecule has 43 heavy (non-hydrogen) atoms. The number of imidazole rings is 2. The molecule has 0 saturated heterocycles. The highest BCUT2D eigenvalue weighted by molar-refractivity contribution is 7.81. The minimum Gasteiger partial charge on any atom is -0.361 e. The molecule has 5 nitrogen and oxygen atoms in total. The lowest BCUT2D eigenvalue weighted by molar-refractivity contribution is -0.0210. The number of hydrogen-bond acceptors (Lipinski definition) is 4. The molecule has 0 spiro atoms. The van der Waals surface area contributed by atoms with Crippen LogP contribution in [0, 0.1) is 0 Å². The highest BCUT2D eigenvalue weighted by atomic mass is 32.1. The molecular formula is C37H36N4OS. The Morgan fingerprint density at radius 1 is 0.535 bits per heavy atom. The van der Waals surface area contributed by atoms with Crippen LogP contribution in [0.4, 0.5) is 0 Å². The maximum Gasteiger partial charge on any atom is 0.196 e. The van der Waals surface area contributed by atoms with Gasteiger partial charge in [-0.15, -0.1) is 0 Å². The molecule has 0 unspecified atom stereocenters. The van der Waals surface area contributed by atoms with Crippen LogP contribution in [0.15, 0.2) is 121 Å². The third-order valence-electron chi connectivity index (χ3n) is 8.18. The summed E-state index contributed by atoms with van der Waals surface area (Å²) in [5, 5.41) is 0. The summed E-state index contributed by atoms with van der Waals surface area (Å²) in [6, 6.07) is 41.4. The molecule has 0 saturated carbocycles. The van der Waals surface area contributed by atoms with Gasteiger partial charge in [-0.25, -0.2) is 9.97 Å². The molecule has 0 bridgehead atoms. The van der Waals surface area contributed by atoms with E-state index < -0.39 is 10.3 Å². The molecule has 6 rings (SSSR count). The van der Waals surface area contributed by atoms with E-state index in [-0.39, 0.29) is 0 Å². The first kappa shape index (κ1) is 28.7. The van der Waals surface area contributed by atoms with Crippen LogP contribution >= 0.6 is 12.6 Å². The minimum atomic E-state index is -1.15. The Balaban J connectivity index is 1.70. The number of aromatic nitrogens is 4. The maximum absolute atomic E-state index is 6.67. The summed E-state index contributed by atoms with van der Waals surface area (Å²) in [5.74, 6) is 1.44. The van der Waals surface area contributed by atoms with E-state index in [1.54, 1.807) is 7.11 Å². The fourth-order valence-corrected chi connectivity index (χ4v) is 6.45. The van der Waals surface area contributed by atoms with Crippen LogP contribution in [0.25, 0.3) is 45.0 Å². The zero-order valence-corrected chi connectivity index (χ0v) is 26.1. The maximum atomic E-state index is 6.67. The molecule has 0 fully saturated rings. The van der Waals surface area contributed by atoms with Crippen molar-refractivity contribution in [3.05, 3.63) is 133 Å². The number of hydrogen-bond donors (Lipinski definition) is 1. The van der Waals surface area contributed by atoms with Gasteiger partial charge in [0.2, 0.25) is 0 Å². The van der Waals surface area contributed by atoms with Gasteiger partial charge in [-0.2, -0.15) is 12.6 Å². The van der Waals surface area contributed by atoms with Crippen molar-refractivity contribution in [2.24, 2.45) is 14.1 Å². The average molecular weight is 585 g/mol. The third-order valence-corrected chi connectivity index (χ3v) is 8.49. The fourth-order valence-electron chi connectivity index (χ4n) is 6.15. The second kappa shape index (κ2) is 11.4. The van der Waals surface area contributed by atoms with E-state index in [1.165, 1.54) is 0 Å². The lowest BCUT2D eigenvalue weighted by Gasteiger charge is -2.41. The highest BCUT2D eigenvalue weighted by Gasteiger charge is 2.54. The SMILES string of the molecule is COC(c1nc(-c2ccccc2)c(-c2ccccc2)n1C)(c1nc(-c2ccccc2)c(-c2ccccc2)n1C)C(C)(C)S. The largest absolute Gasteiger partial charge is 0.361 e. The Hall–Kier alpha value is -4.39. The number of thiol groups is 1. The predicted molar refractivity (Wildman–Crippen MR) is 179 cm³/mol. The quantitative estimate of drug-likeness (QED) is 0.183. The molecule has 6 aromatic rings. The van der Waals surface area contributed by atoms with Crippen molar-refractivity contribution in [2.45, 2.75) is 24.2 Å². The van der Waals surface area contributed by atoms with E-state index in [1.807, 2.05) is 48.5 Å². The van der Waals surface area contributed by atoms with E-state index in [2.05, 4.69) is 110 Å². The number of nitrogens with zero attached hydrogens (tertiary/aromatic N) is 4. The number of rotatable bonds is 8. The van der Waals surface area contributed by atoms with E-state index in [0.29, 0.717) is 0 Å². The van der Waals surface area contributed by atoms with E-state index in [4.69, 9.17) is 27.3 Å². The Morgan fingerprint density at radius 2 is 0.837 bits per heavy atom. The summed E-state index contributed by atoms with van der Waals surface area (Å²) in [6.07, 6.45) is 0. The van der Waals surface area contributed by atoms with Crippen LogP contribution in [0.1, 0.15) is 25.5 Å². The van der Waals surface area contributed by atoms with Crippen molar-refractivity contribution in [1.29, 1.82) is 0 Å². The predicted octanol–water partition coefficient (Wildman–Crippen LogP) is 8.42. The van der Waals surface area contributed by atoms with Gasteiger partial charge in [0.05, 0.1) is 27.5 Å². The van der Waals surface area contributed by atoms with E-state index >= 15 is 0 Å². The van der Waals surface area contributed by atoms with Gasteiger partial charge >= 0.3 is 0 Å². The molecule has 0 aliphatic heterocycles. The summed E-state index contributed by atoms with van der Waals surface area (Å²) in [6.45, 7) is 4.13. The van der Waals surface area contributed by atoms with Gasteiger partial charge < -0.3 is 13.9 Å². The third kappa shape index (κ3) is 4.81. The lowest BCUT2D eigenvalue weighted by atomic mass is 9.86. The second-order valence-electron chi connectivity index (χ2n) is 11.3. The number of methoxy groups -OCH3 is 1. The first-order chi connectivity index (χ1) is 20.8. The van der Waals surface area contributed by atoms with Crippen LogP contribution in [0.2, 0.25) is 0 Å². The van der Waals surface area contributed by atoms with Gasteiger partial charge in [-0.3, -0.25) is 0 Å². The van der Waals surface area contributed by atoms with E-state index in [0.717, 1.165) is 56.7 Å². The minimum absolute atomic E-state index is 0.722. The normalized spacial score (nSPS) is 12.0. The van der Waals surface area contributed by atoms with Gasteiger partial charge in [-0.1, -0.05) is 121 Å². The molecule has 2 heterocycles. The Labute approximate surface area is 259 Å². The van der Waals surface area contributed by atoms with Crippen molar-refractivity contribution < 1.29 is 4.74 Å². The standard InChI is InChI=1S/C37H36N4OS/c1-36(2,43)37(42-5,34-38-30(26-18-10-6-11-19-26)32(40(34)3)28-22-14-8-15-23-28)35-39-31(27-20-12-7-13-21-27)33(41(35)4)29-24-16-9-17-25-29/h6-25,43H,1-5H3. The lowest BCUT2D eigenvalue weighted by Crippen LogP contribution is -2.50. The van der Waals surface area contributed by atoms with Crippen LogP contribution < -0.4 is 0 Å². The zero-order chi connectivity index (χ0) is 30.2. The topological polar surface area (TPSA) is 44.9 Å². The van der Waals surface area contributed by atoms with Crippen LogP contribution in [0.5, 0.6) is 0 Å². The Morgan fingerprint density at radius 3 is 1.12 bits per heavy atom. The van der Waals surface area contributed by atoms with Crippen LogP contribution in [-0.2, 0) is 24.4 Å². The van der Waals surface area contributed by atoms with E-state index in [9.17, 15) is 0 Å². The van der Waals surface area contributed by atoms with Crippen LogP contribution in [0.3, 0.4) is 0 Å². The highest BCUT2D eigenvalue weighted by Crippen LogP contribution is 2.49. The van der Waals surface area contributed by atoms with Gasteiger partial charge in [0.25, 0.3) is 0 Å². The second-order valence-corrected chi connectivity index (χ2v) is 12.4. The Bertz CT molecular complexity index is 1710. The molecule has 0 radical (unpaired) electrons. The zero-order valence-electron chi connectivity index (χ0n) is 25.2. The first-order valence-corrected chi connectivity index (χ1v) is 14.9. The molecule has 0 atom stereocenters. The summed E-state index contributed by atoms with van der Waals surface area (Å²) in [7, 11) is 5.85. The Kier molecular flexibility index (Phi) is 7.59. The molecule has 216 valence electrons. The smallest absolute Gasteiger partial charge is 0.196 e. The summed E-state index contributed by atoms with van der Waals surface area (Å²) >= 11 is 5.24. The molecule has 0 amide bonds. The van der Waals surface area contributed by atoms with Gasteiger partial charge in [0.15, 0.2) is 17.2 Å². The molecule has 0 aliphatic rings. The first-order valence-electron chi connectivity index (χ1n) is 14.4. The molecular weight excluding hydrogens is 549 g/mol. The van der Waals surface area contributed by atoms with Crippen LogP contribution in [-0.4, -0.2) is 31.0 Å². The number of benzene rings is 4. The summed E-state index contributed by atoms with van der Waals surface area (Å²) < 4.78 is 10.2. The van der Waals surface area contributed by atoms with Crippen molar-refractivity contribution in [1.82, 2.24) is 19.1 Å². The van der Waals surface area contributed by atoms with Gasteiger partial charge in [0.1, 0.15) is 0 Å². The van der Waals surface area contributed by atoms with Crippen molar-refractivity contribution in [2.75, 3.05) is 7.11 Å². The molecule has 0 aliphatic carbocycles. The summed E-state index contributed by atoms with van der Waals surface area (Å²) in [5.41, 5.74) is 6.81. The van der Waals surface area contributed by atoms with Gasteiger partial charge in [0, 0.05) is 43.5 Å². The van der Waals surface area contributed by atoms with Crippen molar-refractivity contribution in [3.8, 4) is 45.0 Å². The average Bonchev–Trinajstić information content (AvgIpc) is 3.56. The summed E-state index contributed by atoms with van der Waals surface area (Å²) in [4.78, 5) is 10.8. The molecule has 2 aromatic heterocycles. The van der Waals surface area contributed by atoms with Gasteiger partial charge in [-0.05, 0) is 13.8 Å². The monoisotopic (exact) mass is 584 g/mol. The number of ether oxygens (including phenoxy) is 1. The molecule has 6 heteroatoms. The van der Waals surface area contributed by atoms with Crippen molar-refractivity contribution in [3.63, 3.8) is 0 Å².